The summed E-state index contributed by atoms with van der Waals surface area (Å²) in [5, 5.41) is 0. The molecule has 106 valence electrons. The summed E-state index contributed by atoms with van der Waals surface area (Å²) in [6, 6.07) is 6.94. The molecule has 6 heteroatoms. The van der Waals surface area contributed by atoms with Crippen LogP contribution in [0.1, 0.15) is 16.1 Å². The Labute approximate surface area is 125 Å². The molecule has 0 saturated carbocycles. The summed E-state index contributed by atoms with van der Waals surface area (Å²) in [5.74, 6) is 0.789. The van der Waals surface area contributed by atoms with Crippen molar-refractivity contribution in [1.29, 1.82) is 0 Å². The monoisotopic (exact) mass is 339 g/mol. The zero-order chi connectivity index (χ0) is 14.5. The van der Waals surface area contributed by atoms with Crippen LogP contribution in [0.15, 0.2) is 34.9 Å². The molecule has 0 bridgehead atoms. The second-order valence-electron chi connectivity index (χ2n) is 3.96. The number of aromatic amines is 1. The molecule has 0 fully saturated rings. The van der Waals surface area contributed by atoms with Crippen molar-refractivity contribution in [2.24, 2.45) is 0 Å². The average molecular weight is 340 g/mol. The van der Waals surface area contributed by atoms with E-state index in [2.05, 4.69) is 20.9 Å². The van der Waals surface area contributed by atoms with Gasteiger partial charge >= 0.3 is 5.97 Å². The third-order valence-electron chi connectivity index (χ3n) is 2.73. The lowest BCUT2D eigenvalue weighted by molar-refractivity contribution is 0.0465. The number of rotatable bonds is 5. The maximum Gasteiger partial charge on any atom is 0.355 e. The van der Waals surface area contributed by atoms with Crippen LogP contribution in [0.2, 0.25) is 0 Å². The van der Waals surface area contributed by atoms with Crippen molar-refractivity contribution in [3.63, 3.8) is 0 Å². The largest absolute Gasteiger partial charge is 0.493 e. The molecule has 1 aromatic carbocycles. The minimum atomic E-state index is -0.406. The van der Waals surface area contributed by atoms with Crippen LogP contribution in [0.5, 0.6) is 11.5 Å². The standard InChI is InChI=1S/C14H14BrNO4/c1-18-12-6-9(10(15)7-13(12)19-2)8-20-14(17)11-4-3-5-16-11/h3-7,16H,8H2,1-2H3. The molecule has 1 aromatic heterocycles. The van der Waals surface area contributed by atoms with Crippen LogP contribution in [-0.4, -0.2) is 25.2 Å². The van der Waals surface area contributed by atoms with Crippen molar-refractivity contribution in [1.82, 2.24) is 4.98 Å². The van der Waals surface area contributed by atoms with E-state index >= 15 is 0 Å². The number of aromatic nitrogens is 1. The van der Waals surface area contributed by atoms with Crippen molar-refractivity contribution in [2.75, 3.05) is 14.2 Å². The third-order valence-corrected chi connectivity index (χ3v) is 3.47. The van der Waals surface area contributed by atoms with Crippen LogP contribution in [0.25, 0.3) is 0 Å². The number of hydrogen-bond acceptors (Lipinski definition) is 4. The molecule has 0 aliphatic rings. The minimum Gasteiger partial charge on any atom is -0.493 e. The number of esters is 1. The fourth-order valence-electron chi connectivity index (χ4n) is 1.69. The second kappa shape index (κ2) is 6.47. The number of nitrogens with one attached hydrogen (secondary N) is 1. The number of halogens is 1. The van der Waals surface area contributed by atoms with Gasteiger partial charge in [0.15, 0.2) is 11.5 Å². The van der Waals surface area contributed by atoms with Gasteiger partial charge in [0, 0.05) is 16.2 Å². The van der Waals surface area contributed by atoms with Crippen LogP contribution in [0, 0.1) is 0 Å². The molecule has 0 atom stereocenters. The van der Waals surface area contributed by atoms with Gasteiger partial charge in [0.1, 0.15) is 12.3 Å². The molecule has 0 spiro atoms. The van der Waals surface area contributed by atoms with Gasteiger partial charge in [-0.15, -0.1) is 0 Å². The van der Waals surface area contributed by atoms with Crippen LogP contribution < -0.4 is 9.47 Å². The number of benzene rings is 1. The SMILES string of the molecule is COc1cc(Br)c(COC(=O)c2ccc[nH]2)cc1OC. The van der Waals surface area contributed by atoms with E-state index in [4.69, 9.17) is 14.2 Å². The van der Waals surface area contributed by atoms with E-state index in [1.807, 2.05) is 0 Å². The van der Waals surface area contributed by atoms with Gasteiger partial charge in [0.05, 0.1) is 14.2 Å². The highest BCUT2D eigenvalue weighted by atomic mass is 79.9. The summed E-state index contributed by atoms with van der Waals surface area (Å²) in [7, 11) is 3.12. The molecule has 2 rings (SSSR count). The fourth-order valence-corrected chi connectivity index (χ4v) is 2.12. The molecule has 0 aliphatic heterocycles. The molecule has 20 heavy (non-hydrogen) atoms. The lowest BCUT2D eigenvalue weighted by atomic mass is 10.2. The molecule has 0 saturated heterocycles. The normalized spacial score (nSPS) is 10.2. The summed E-state index contributed by atoms with van der Waals surface area (Å²) in [6.07, 6.45) is 1.67. The van der Waals surface area contributed by atoms with E-state index in [9.17, 15) is 4.79 Å². The van der Waals surface area contributed by atoms with E-state index in [-0.39, 0.29) is 6.61 Å². The maximum absolute atomic E-state index is 11.7. The Kier molecular flexibility index (Phi) is 4.68. The molecule has 0 amide bonds. The summed E-state index contributed by atoms with van der Waals surface area (Å²) >= 11 is 3.42. The number of carbonyl (C=O) groups excluding carboxylic acids is 1. The first-order valence-electron chi connectivity index (χ1n) is 5.86. The molecule has 0 unspecified atom stereocenters. The quantitative estimate of drug-likeness (QED) is 0.850. The number of hydrogen-bond donors (Lipinski definition) is 1. The average Bonchev–Trinajstić information content (AvgIpc) is 2.99. The Morgan fingerprint density at radius 1 is 1.25 bits per heavy atom. The molecule has 2 aromatic rings. The summed E-state index contributed by atoms with van der Waals surface area (Å²) in [6.45, 7) is 0.138. The molecule has 1 heterocycles. The fraction of sp³-hybridized carbons (Fsp3) is 0.214. The zero-order valence-corrected chi connectivity index (χ0v) is 12.7. The van der Waals surface area contributed by atoms with Gasteiger partial charge in [-0.3, -0.25) is 0 Å². The minimum absolute atomic E-state index is 0.138. The number of methoxy groups -OCH3 is 2. The highest BCUT2D eigenvalue weighted by Crippen LogP contribution is 2.33. The first-order chi connectivity index (χ1) is 9.65. The zero-order valence-electron chi connectivity index (χ0n) is 11.1. The van der Waals surface area contributed by atoms with Crippen LogP contribution in [-0.2, 0) is 11.3 Å². The highest BCUT2D eigenvalue weighted by molar-refractivity contribution is 9.10. The van der Waals surface area contributed by atoms with Crippen molar-refractivity contribution < 1.29 is 19.0 Å². The lowest BCUT2D eigenvalue weighted by Gasteiger charge is -2.12. The Morgan fingerprint density at radius 2 is 1.95 bits per heavy atom. The van der Waals surface area contributed by atoms with Gasteiger partial charge < -0.3 is 19.2 Å². The van der Waals surface area contributed by atoms with Crippen molar-refractivity contribution >= 4 is 21.9 Å². The number of H-pyrrole nitrogens is 1. The van der Waals surface area contributed by atoms with Gasteiger partial charge in [-0.25, -0.2) is 4.79 Å². The highest BCUT2D eigenvalue weighted by Gasteiger charge is 2.12. The van der Waals surface area contributed by atoms with E-state index in [0.29, 0.717) is 17.2 Å². The van der Waals surface area contributed by atoms with Crippen LogP contribution in [0.4, 0.5) is 0 Å². The predicted octanol–water partition coefficient (Wildman–Crippen LogP) is 3.15. The summed E-state index contributed by atoms with van der Waals surface area (Å²) in [4.78, 5) is 14.5. The molecule has 0 radical (unpaired) electrons. The maximum atomic E-state index is 11.7. The van der Waals surface area contributed by atoms with E-state index in [0.717, 1.165) is 10.0 Å². The van der Waals surface area contributed by atoms with Crippen molar-refractivity contribution in [3.8, 4) is 11.5 Å². The third kappa shape index (κ3) is 3.14. The van der Waals surface area contributed by atoms with Crippen molar-refractivity contribution in [2.45, 2.75) is 6.61 Å². The Bertz CT molecular complexity index is 595. The van der Waals surface area contributed by atoms with Gasteiger partial charge in [0.25, 0.3) is 0 Å². The van der Waals surface area contributed by atoms with Crippen LogP contribution >= 0.6 is 15.9 Å². The summed E-state index contributed by atoms with van der Waals surface area (Å²) < 4.78 is 16.4. The smallest absolute Gasteiger partial charge is 0.355 e. The Morgan fingerprint density at radius 3 is 2.55 bits per heavy atom. The Hall–Kier alpha value is -1.95. The first kappa shape index (κ1) is 14.5. The summed E-state index contributed by atoms with van der Waals surface area (Å²) in [5.41, 5.74) is 1.21. The first-order valence-corrected chi connectivity index (χ1v) is 6.66. The van der Waals surface area contributed by atoms with E-state index in [1.165, 1.54) is 0 Å². The molecular formula is C14H14BrNO4. The molecule has 5 nitrogen and oxygen atoms in total. The van der Waals surface area contributed by atoms with Crippen molar-refractivity contribution in [3.05, 3.63) is 46.2 Å². The topological polar surface area (TPSA) is 60.5 Å². The van der Waals surface area contributed by atoms with E-state index in [1.54, 1.807) is 44.7 Å². The number of ether oxygens (including phenoxy) is 3. The van der Waals surface area contributed by atoms with Gasteiger partial charge in [-0.2, -0.15) is 0 Å². The van der Waals surface area contributed by atoms with Crippen LogP contribution in [0.3, 0.4) is 0 Å². The predicted molar refractivity (Wildman–Crippen MR) is 77.2 cm³/mol. The van der Waals surface area contributed by atoms with Gasteiger partial charge in [0.2, 0.25) is 0 Å². The molecular weight excluding hydrogens is 326 g/mol. The Balaban J connectivity index is 2.11. The van der Waals surface area contributed by atoms with Gasteiger partial charge in [-0.05, 0) is 24.3 Å². The van der Waals surface area contributed by atoms with E-state index < -0.39 is 5.97 Å². The second-order valence-corrected chi connectivity index (χ2v) is 4.81. The number of carbonyl (C=O) groups is 1. The lowest BCUT2D eigenvalue weighted by Crippen LogP contribution is -2.06. The van der Waals surface area contributed by atoms with Gasteiger partial charge in [-0.1, -0.05) is 15.9 Å². The molecule has 1 N–H and O–H groups in total. The molecule has 0 aliphatic carbocycles.